The summed E-state index contributed by atoms with van der Waals surface area (Å²) in [6, 6.07) is 6.83. The van der Waals surface area contributed by atoms with Crippen molar-refractivity contribution in [3.8, 4) is 0 Å². The van der Waals surface area contributed by atoms with Crippen LogP contribution in [0.2, 0.25) is 0 Å². The number of nitrogens with zero attached hydrogens (tertiary/aromatic N) is 1. The number of amides is 1. The molecular formula is C17H23FN2O2. The molecule has 0 aliphatic carbocycles. The predicted octanol–water partition coefficient (Wildman–Crippen LogP) is 2.26. The minimum absolute atomic E-state index is 0.150. The third-order valence-electron chi connectivity index (χ3n) is 4.53. The van der Waals surface area contributed by atoms with E-state index in [1.807, 2.05) is 4.90 Å². The van der Waals surface area contributed by atoms with Gasteiger partial charge in [-0.15, -0.1) is 0 Å². The molecule has 3 rings (SSSR count). The van der Waals surface area contributed by atoms with E-state index in [2.05, 4.69) is 5.32 Å². The Morgan fingerprint density at radius 3 is 2.91 bits per heavy atom. The number of benzene rings is 1. The standard InChI is InChI=1S/C17H23FN2O2/c18-14-5-3-13(4-6-14)16-12-20(10-11-22-16)17(21)8-7-15-2-1-9-19-15/h3-6,15-16,19H,1-2,7-12H2. The molecule has 0 saturated carbocycles. The van der Waals surface area contributed by atoms with Gasteiger partial charge in [0, 0.05) is 19.0 Å². The average molecular weight is 306 g/mol. The smallest absolute Gasteiger partial charge is 0.222 e. The summed E-state index contributed by atoms with van der Waals surface area (Å²) < 4.78 is 18.7. The number of morpholine rings is 1. The Bertz CT molecular complexity index is 500. The maximum Gasteiger partial charge on any atom is 0.222 e. The lowest BCUT2D eigenvalue weighted by Gasteiger charge is -2.33. The zero-order valence-electron chi connectivity index (χ0n) is 12.8. The largest absolute Gasteiger partial charge is 0.370 e. The number of hydrogen-bond acceptors (Lipinski definition) is 3. The monoisotopic (exact) mass is 306 g/mol. The lowest BCUT2D eigenvalue weighted by atomic mass is 10.1. The minimum Gasteiger partial charge on any atom is -0.370 e. The highest BCUT2D eigenvalue weighted by molar-refractivity contribution is 5.76. The summed E-state index contributed by atoms with van der Waals surface area (Å²) >= 11 is 0. The van der Waals surface area contributed by atoms with E-state index in [-0.39, 0.29) is 17.8 Å². The third kappa shape index (κ3) is 3.84. The summed E-state index contributed by atoms with van der Waals surface area (Å²) in [6.07, 6.45) is 3.74. The van der Waals surface area contributed by atoms with Gasteiger partial charge in [0.1, 0.15) is 11.9 Å². The second-order valence-corrected chi connectivity index (χ2v) is 6.08. The van der Waals surface area contributed by atoms with E-state index in [1.54, 1.807) is 12.1 Å². The van der Waals surface area contributed by atoms with E-state index in [1.165, 1.54) is 25.0 Å². The molecule has 1 aromatic rings. The summed E-state index contributed by atoms with van der Waals surface area (Å²) in [7, 11) is 0. The van der Waals surface area contributed by atoms with Gasteiger partial charge in [-0.05, 0) is 43.5 Å². The van der Waals surface area contributed by atoms with Gasteiger partial charge in [0.25, 0.3) is 0 Å². The SMILES string of the molecule is O=C(CCC1CCCN1)N1CCOC(c2ccc(F)cc2)C1. The van der Waals surface area contributed by atoms with E-state index < -0.39 is 0 Å². The zero-order chi connectivity index (χ0) is 15.4. The molecule has 4 nitrogen and oxygen atoms in total. The van der Waals surface area contributed by atoms with Gasteiger partial charge in [0.15, 0.2) is 0 Å². The Hall–Kier alpha value is -1.46. The van der Waals surface area contributed by atoms with Gasteiger partial charge in [-0.1, -0.05) is 12.1 Å². The van der Waals surface area contributed by atoms with Crippen LogP contribution in [0.4, 0.5) is 4.39 Å². The van der Waals surface area contributed by atoms with Gasteiger partial charge in [-0.2, -0.15) is 0 Å². The summed E-state index contributed by atoms with van der Waals surface area (Å²) in [5, 5.41) is 3.42. The van der Waals surface area contributed by atoms with E-state index >= 15 is 0 Å². The predicted molar refractivity (Wildman–Crippen MR) is 81.9 cm³/mol. The van der Waals surface area contributed by atoms with E-state index in [9.17, 15) is 9.18 Å². The van der Waals surface area contributed by atoms with Crippen molar-refractivity contribution in [2.75, 3.05) is 26.2 Å². The molecule has 0 bridgehead atoms. The first-order chi connectivity index (χ1) is 10.7. The lowest BCUT2D eigenvalue weighted by molar-refractivity contribution is -0.139. The fourth-order valence-corrected chi connectivity index (χ4v) is 3.21. The molecule has 22 heavy (non-hydrogen) atoms. The molecule has 2 heterocycles. The molecule has 2 aliphatic heterocycles. The molecular weight excluding hydrogens is 283 g/mol. The quantitative estimate of drug-likeness (QED) is 0.928. The van der Waals surface area contributed by atoms with Crippen molar-refractivity contribution in [1.82, 2.24) is 10.2 Å². The van der Waals surface area contributed by atoms with Gasteiger partial charge in [0.05, 0.1) is 13.2 Å². The fourth-order valence-electron chi connectivity index (χ4n) is 3.21. The van der Waals surface area contributed by atoms with Crippen molar-refractivity contribution in [2.24, 2.45) is 0 Å². The van der Waals surface area contributed by atoms with Gasteiger partial charge in [-0.25, -0.2) is 4.39 Å². The minimum atomic E-state index is -0.253. The van der Waals surface area contributed by atoms with Gasteiger partial charge >= 0.3 is 0 Å². The van der Waals surface area contributed by atoms with Crippen LogP contribution in [0.25, 0.3) is 0 Å². The molecule has 120 valence electrons. The third-order valence-corrected chi connectivity index (χ3v) is 4.53. The number of ether oxygens (including phenoxy) is 1. The van der Waals surface area contributed by atoms with Crippen LogP contribution < -0.4 is 5.32 Å². The topological polar surface area (TPSA) is 41.6 Å². The number of nitrogens with one attached hydrogen (secondary N) is 1. The first kappa shape index (κ1) is 15.4. The fraction of sp³-hybridized carbons (Fsp3) is 0.588. The van der Waals surface area contributed by atoms with Crippen molar-refractivity contribution in [3.05, 3.63) is 35.6 Å². The average Bonchev–Trinajstić information content (AvgIpc) is 3.07. The molecule has 1 amide bonds. The van der Waals surface area contributed by atoms with Crippen molar-refractivity contribution in [2.45, 2.75) is 37.8 Å². The van der Waals surface area contributed by atoms with Crippen LogP contribution in [0, 0.1) is 5.82 Å². The first-order valence-corrected chi connectivity index (χ1v) is 8.10. The maximum atomic E-state index is 13.0. The van der Waals surface area contributed by atoms with E-state index in [4.69, 9.17) is 4.74 Å². The molecule has 2 unspecified atom stereocenters. The van der Waals surface area contributed by atoms with Crippen molar-refractivity contribution in [1.29, 1.82) is 0 Å². The highest BCUT2D eigenvalue weighted by Gasteiger charge is 2.26. The van der Waals surface area contributed by atoms with Crippen LogP contribution in [0.3, 0.4) is 0 Å². The molecule has 2 atom stereocenters. The summed E-state index contributed by atoms with van der Waals surface area (Å²) in [6.45, 7) is 2.82. The van der Waals surface area contributed by atoms with Gasteiger partial charge in [0.2, 0.25) is 5.91 Å². The number of rotatable bonds is 4. The van der Waals surface area contributed by atoms with Gasteiger partial charge in [-0.3, -0.25) is 4.79 Å². The molecule has 0 spiro atoms. The van der Waals surface area contributed by atoms with E-state index in [0.29, 0.717) is 32.2 Å². The maximum absolute atomic E-state index is 13.0. The molecule has 0 aromatic heterocycles. The molecule has 0 radical (unpaired) electrons. The number of hydrogen-bond donors (Lipinski definition) is 1. The van der Waals surface area contributed by atoms with Gasteiger partial charge < -0.3 is 15.0 Å². The summed E-state index contributed by atoms with van der Waals surface area (Å²) in [5.74, 6) is -0.0549. The molecule has 5 heteroatoms. The highest BCUT2D eigenvalue weighted by atomic mass is 19.1. The molecule has 2 saturated heterocycles. The molecule has 2 aliphatic rings. The van der Waals surface area contributed by atoms with Crippen LogP contribution in [0.5, 0.6) is 0 Å². The number of carbonyl (C=O) groups excluding carboxylic acids is 1. The van der Waals surface area contributed by atoms with Crippen LogP contribution >= 0.6 is 0 Å². The molecule has 1 N–H and O–H groups in total. The first-order valence-electron chi connectivity index (χ1n) is 8.10. The van der Waals surface area contributed by atoms with Crippen molar-refractivity contribution in [3.63, 3.8) is 0 Å². The molecule has 1 aromatic carbocycles. The second kappa shape index (κ2) is 7.20. The van der Waals surface area contributed by atoms with E-state index in [0.717, 1.165) is 18.5 Å². The Balaban J connectivity index is 1.53. The Morgan fingerprint density at radius 2 is 2.18 bits per heavy atom. The Labute approximate surface area is 130 Å². The highest BCUT2D eigenvalue weighted by Crippen LogP contribution is 2.23. The number of carbonyl (C=O) groups is 1. The summed E-state index contributed by atoms with van der Waals surface area (Å²) in [4.78, 5) is 14.2. The van der Waals surface area contributed by atoms with Crippen LogP contribution in [0.1, 0.15) is 37.4 Å². The lowest BCUT2D eigenvalue weighted by Crippen LogP contribution is -2.42. The molecule has 2 fully saturated rings. The van der Waals surface area contributed by atoms with Crippen LogP contribution in [0.15, 0.2) is 24.3 Å². The van der Waals surface area contributed by atoms with Crippen molar-refractivity contribution < 1.29 is 13.9 Å². The second-order valence-electron chi connectivity index (χ2n) is 6.08. The number of halogens is 1. The van der Waals surface area contributed by atoms with Crippen LogP contribution in [-0.4, -0.2) is 43.1 Å². The zero-order valence-corrected chi connectivity index (χ0v) is 12.8. The van der Waals surface area contributed by atoms with Crippen molar-refractivity contribution >= 4 is 5.91 Å². The van der Waals surface area contributed by atoms with Crippen LogP contribution in [-0.2, 0) is 9.53 Å². The normalized spacial score (nSPS) is 25.4. The Morgan fingerprint density at radius 1 is 1.36 bits per heavy atom. The Kier molecular flexibility index (Phi) is 5.05. The summed E-state index contributed by atoms with van der Waals surface area (Å²) in [5.41, 5.74) is 0.927.